The lowest BCUT2D eigenvalue weighted by atomic mass is 9.90. The van der Waals surface area contributed by atoms with Crippen LogP contribution >= 0.6 is 0 Å². The average molecular weight is 203 g/mol. The summed E-state index contributed by atoms with van der Waals surface area (Å²) in [4.78, 5) is 0. The minimum Gasteiger partial charge on any atom is -0.310 e. The van der Waals surface area contributed by atoms with Crippen LogP contribution in [0.4, 0.5) is 0 Å². The Morgan fingerprint density at radius 3 is 2.60 bits per heavy atom. The van der Waals surface area contributed by atoms with Crippen molar-refractivity contribution in [1.82, 2.24) is 5.32 Å². The van der Waals surface area contributed by atoms with Gasteiger partial charge in [-0.05, 0) is 42.4 Å². The Morgan fingerprint density at radius 2 is 1.87 bits per heavy atom. The number of nitrogens with one attached hydrogen (secondary N) is 1. The second-order valence-corrected chi connectivity index (χ2v) is 4.85. The van der Waals surface area contributed by atoms with E-state index in [-0.39, 0.29) is 0 Å². The molecule has 0 unspecified atom stereocenters. The first-order valence-corrected chi connectivity index (χ1v) is 6.10. The van der Waals surface area contributed by atoms with Crippen LogP contribution < -0.4 is 5.32 Å². The number of aryl methyl sites for hydroxylation is 2. The molecule has 0 fully saturated rings. The summed E-state index contributed by atoms with van der Waals surface area (Å²) in [5.41, 5.74) is 4.60. The molecule has 0 atom stereocenters. The van der Waals surface area contributed by atoms with Crippen LogP contribution in [-0.2, 0) is 19.4 Å². The Hall–Kier alpha value is -0.820. The summed E-state index contributed by atoms with van der Waals surface area (Å²) >= 11 is 0. The van der Waals surface area contributed by atoms with Crippen LogP contribution in [0.5, 0.6) is 0 Å². The Labute approximate surface area is 92.9 Å². The van der Waals surface area contributed by atoms with E-state index in [4.69, 9.17) is 0 Å². The van der Waals surface area contributed by atoms with E-state index in [1.807, 2.05) is 0 Å². The van der Waals surface area contributed by atoms with Crippen LogP contribution in [0.2, 0.25) is 0 Å². The van der Waals surface area contributed by atoms with Gasteiger partial charge in [-0.3, -0.25) is 0 Å². The molecule has 0 amide bonds. The van der Waals surface area contributed by atoms with Crippen LogP contribution in [0.15, 0.2) is 18.2 Å². The number of benzene rings is 1. The lowest BCUT2D eigenvalue weighted by Gasteiger charge is -2.17. The molecule has 0 saturated heterocycles. The highest BCUT2D eigenvalue weighted by Gasteiger charge is 2.09. The third kappa shape index (κ3) is 2.82. The van der Waals surface area contributed by atoms with Gasteiger partial charge >= 0.3 is 0 Å². The lowest BCUT2D eigenvalue weighted by Crippen LogP contribution is -2.22. The first kappa shape index (κ1) is 10.7. The molecule has 1 aromatic carbocycles. The molecule has 0 aromatic heterocycles. The van der Waals surface area contributed by atoms with Crippen LogP contribution in [0.1, 0.15) is 43.4 Å². The zero-order valence-corrected chi connectivity index (χ0v) is 9.84. The van der Waals surface area contributed by atoms with Gasteiger partial charge in [-0.2, -0.15) is 0 Å². The average Bonchev–Trinajstić information content (AvgIpc) is 2.26. The molecule has 2 rings (SSSR count). The SMILES string of the molecule is CC(C)NCc1ccc2c(c1)CCCC2. The van der Waals surface area contributed by atoms with Crippen molar-refractivity contribution in [2.45, 2.75) is 52.1 Å². The molecule has 1 aromatic rings. The van der Waals surface area contributed by atoms with Gasteiger partial charge in [0.1, 0.15) is 0 Å². The highest BCUT2D eigenvalue weighted by atomic mass is 14.9. The zero-order chi connectivity index (χ0) is 10.7. The van der Waals surface area contributed by atoms with Crippen molar-refractivity contribution in [2.75, 3.05) is 0 Å². The summed E-state index contributed by atoms with van der Waals surface area (Å²) in [5, 5.41) is 3.47. The fourth-order valence-electron chi connectivity index (χ4n) is 2.22. The number of fused-ring (bicyclic) bond motifs is 1. The number of hydrogen-bond donors (Lipinski definition) is 1. The van der Waals surface area contributed by atoms with E-state index in [1.165, 1.54) is 31.2 Å². The predicted molar refractivity (Wildman–Crippen MR) is 65.1 cm³/mol. The first-order chi connectivity index (χ1) is 7.25. The standard InChI is InChI=1S/C14H21N/c1-11(2)15-10-12-7-8-13-5-3-4-6-14(13)9-12/h7-9,11,15H,3-6,10H2,1-2H3. The highest BCUT2D eigenvalue weighted by Crippen LogP contribution is 2.22. The number of hydrogen-bond acceptors (Lipinski definition) is 1. The van der Waals surface area contributed by atoms with Crippen LogP contribution in [-0.4, -0.2) is 6.04 Å². The summed E-state index contributed by atoms with van der Waals surface area (Å²) in [7, 11) is 0. The van der Waals surface area contributed by atoms with Gasteiger partial charge in [-0.25, -0.2) is 0 Å². The molecular weight excluding hydrogens is 182 g/mol. The predicted octanol–water partition coefficient (Wildman–Crippen LogP) is 3.06. The quantitative estimate of drug-likeness (QED) is 0.796. The normalized spacial score (nSPS) is 15.4. The van der Waals surface area contributed by atoms with Gasteiger partial charge in [-0.1, -0.05) is 32.0 Å². The maximum absolute atomic E-state index is 3.47. The molecule has 15 heavy (non-hydrogen) atoms. The van der Waals surface area contributed by atoms with E-state index in [1.54, 1.807) is 11.1 Å². The van der Waals surface area contributed by atoms with Crippen molar-refractivity contribution in [2.24, 2.45) is 0 Å². The van der Waals surface area contributed by atoms with E-state index in [0.717, 1.165) is 6.54 Å². The van der Waals surface area contributed by atoms with E-state index >= 15 is 0 Å². The molecule has 0 saturated carbocycles. The molecular formula is C14H21N. The zero-order valence-electron chi connectivity index (χ0n) is 9.84. The Morgan fingerprint density at radius 1 is 1.13 bits per heavy atom. The Balaban J connectivity index is 2.07. The molecule has 1 heteroatoms. The van der Waals surface area contributed by atoms with Crippen molar-refractivity contribution < 1.29 is 0 Å². The molecule has 1 aliphatic carbocycles. The molecule has 0 bridgehead atoms. The van der Waals surface area contributed by atoms with Crippen LogP contribution in [0, 0.1) is 0 Å². The van der Waals surface area contributed by atoms with Crippen molar-refractivity contribution in [3.63, 3.8) is 0 Å². The second-order valence-electron chi connectivity index (χ2n) is 4.85. The lowest BCUT2D eigenvalue weighted by molar-refractivity contribution is 0.587. The summed E-state index contributed by atoms with van der Waals surface area (Å²) in [6.45, 7) is 5.39. The van der Waals surface area contributed by atoms with Crippen molar-refractivity contribution in [3.8, 4) is 0 Å². The van der Waals surface area contributed by atoms with Gasteiger partial charge in [0, 0.05) is 12.6 Å². The summed E-state index contributed by atoms with van der Waals surface area (Å²) in [6, 6.07) is 7.57. The van der Waals surface area contributed by atoms with Gasteiger partial charge in [0.2, 0.25) is 0 Å². The molecule has 1 N–H and O–H groups in total. The van der Waals surface area contributed by atoms with E-state index in [2.05, 4.69) is 37.4 Å². The van der Waals surface area contributed by atoms with Gasteiger partial charge in [0.05, 0.1) is 0 Å². The molecule has 0 aliphatic heterocycles. The molecule has 1 aliphatic rings. The second kappa shape index (κ2) is 4.80. The monoisotopic (exact) mass is 203 g/mol. The van der Waals surface area contributed by atoms with Crippen LogP contribution in [0.25, 0.3) is 0 Å². The fourth-order valence-corrected chi connectivity index (χ4v) is 2.22. The van der Waals surface area contributed by atoms with Crippen LogP contribution in [0.3, 0.4) is 0 Å². The Bertz CT molecular complexity index is 328. The van der Waals surface area contributed by atoms with Gasteiger partial charge in [-0.15, -0.1) is 0 Å². The first-order valence-electron chi connectivity index (χ1n) is 6.10. The topological polar surface area (TPSA) is 12.0 Å². The van der Waals surface area contributed by atoms with E-state index < -0.39 is 0 Å². The molecule has 82 valence electrons. The maximum Gasteiger partial charge on any atom is 0.0207 e. The smallest absolute Gasteiger partial charge is 0.0207 e. The highest BCUT2D eigenvalue weighted by molar-refractivity contribution is 5.33. The van der Waals surface area contributed by atoms with Gasteiger partial charge < -0.3 is 5.32 Å². The molecule has 0 radical (unpaired) electrons. The third-order valence-corrected chi connectivity index (χ3v) is 3.13. The van der Waals surface area contributed by atoms with Gasteiger partial charge in [0.15, 0.2) is 0 Å². The molecule has 0 heterocycles. The van der Waals surface area contributed by atoms with Crippen molar-refractivity contribution >= 4 is 0 Å². The minimum absolute atomic E-state index is 0.570. The summed E-state index contributed by atoms with van der Waals surface area (Å²) in [6.07, 6.45) is 5.31. The van der Waals surface area contributed by atoms with E-state index in [9.17, 15) is 0 Å². The fraction of sp³-hybridized carbons (Fsp3) is 0.571. The summed E-state index contributed by atoms with van der Waals surface area (Å²) in [5.74, 6) is 0. The third-order valence-electron chi connectivity index (χ3n) is 3.13. The molecule has 1 nitrogen and oxygen atoms in total. The van der Waals surface area contributed by atoms with Crippen molar-refractivity contribution in [1.29, 1.82) is 0 Å². The maximum atomic E-state index is 3.47. The van der Waals surface area contributed by atoms with Gasteiger partial charge in [0.25, 0.3) is 0 Å². The Kier molecular flexibility index (Phi) is 3.42. The van der Waals surface area contributed by atoms with Crippen molar-refractivity contribution in [3.05, 3.63) is 34.9 Å². The largest absolute Gasteiger partial charge is 0.310 e. The summed E-state index contributed by atoms with van der Waals surface area (Å²) < 4.78 is 0. The van der Waals surface area contributed by atoms with E-state index in [0.29, 0.717) is 6.04 Å². The number of rotatable bonds is 3. The molecule has 0 spiro atoms. The minimum atomic E-state index is 0.570.